The van der Waals surface area contributed by atoms with E-state index in [0.717, 1.165) is 23.4 Å². The Kier molecular flexibility index (Phi) is 8.81. The number of rotatable bonds is 8. The molecule has 0 radical (unpaired) electrons. The van der Waals surface area contributed by atoms with Crippen LogP contribution in [0.1, 0.15) is 21.5 Å². The lowest BCUT2D eigenvalue weighted by Crippen LogP contribution is -2.37. The zero-order valence-electron chi connectivity index (χ0n) is 16.5. The topological polar surface area (TPSA) is 56.7 Å². The zero-order chi connectivity index (χ0) is 20.4. The van der Waals surface area contributed by atoms with Crippen LogP contribution in [0, 0.1) is 5.82 Å². The Bertz CT molecular complexity index is 793. The van der Waals surface area contributed by atoms with Gasteiger partial charge >= 0.3 is 0 Å². The van der Waals surface area contributed by atoms with Crippen molar-refractivity contribution in [2.24, 2.45) is 4.99 Å². The smallest absolute Gasteiger partial charge is 0.253 e. The van der Waals surface area contributed by atoms with Crippen LogP contribution in [0.15, 0.2) is 53.5 Å². The summed E-state index contributed by atoms with van der Waals surface area (Å²) >= 11 is 1.67. The lowest BCUT2D eigenvalue weighted by molar-refractivity contribution is 0.0827. The molecule has 0 aliphatic carbocycles. The van der Waals surface area contributed by atoms with Crippen LogP contribution in [0.3, 0.4) is 0 Å². The fourth-order valence-electron chi connectivity index (χ4n) is 2.47. The second-order valence-corrected chi connectivity index (χ2v) is 7.50. The average Bonchev–Trinajstić information content (AvgIpc) is 2.71. The summed E-state index contributed by atoms with van der Waals surface area (Å²) in [4.78, 5) is 17.7. The number of hydrogen-bond acceptors (Lipinski definition) is 3. The van der Waals surface area contributed by atoms with E-state index in [2.05, 4.69) is 15.6 Å². The number of nitrogens with one attached hydrogen (secondary N) is 2. The lowest BCUT2D eigenvalue weighted by Gasteiger charge is -2.13. The van der Waals surface area contributed by atoms with Gasteiger partial charge < -0.3 is 15.5 Å². The van der Waals surface area contributed by atoms with Crippen LogP contribution >= 0.6 is 11.8 Å². The van der Waals surface area contributed by atoms with Crippen molar-refractivity contribution >= 4 is 23.6 Å². The number of thioether (sulfide) groups is 1. The third-order valence-corrected chi connectivity index (χ3v) is 5.05. The molecule has 0 fully saturated rings. The van der Waals surface area contributed by atoms with Crippen molar-refractivity contribution in [2.45, 2.75) is 12.3 Å². The van der Waals surface area contributed by atoms with E-state index in [-0.39, 0.29) is 11.7 Å². The van der Waals surface area contributed by atoms with Gasteiger partial charge in [0.25, 0.3) is 5.91 Å². The van der Waals surface area contributed by atoms with E-state index < -0.39 is 0 Å². The molecular weight excluding hydrogens is 375 g/mol. The molecule has 0 saturated carbocycles. The molecule has 5 nitrogen and oxygen atoms in total. The molecule has 0 bridgehead atoms. The minimum Gasteiger partial charge on any atom is -0.356 e. The maximum atomic E-state index is 13.6. The van der Waals surface area contributed by atoms with Crippen molar-refractivity contribution in [3.63, 3.8) is 0 Å². The Morgan fingerprint density at radius 1 is 1.11 bits per heavy atom. The van der Waals surface area contributed by atoms with Crippen molar-refractivity contribution in [1.29, 1.82) is 0 Å². The Balaban J connectivity index is 1.70. The number of guanidine groups is 1. The van der Waals surface area contributed by atoms with E-state index in [1.807, 2.05) is 36.4 Å². The number of carbonyl (C=O) groups is 1. The maximum absolute atomic E-state index is 13.6. The van der Waals surface area contributed by atoms with Crippen LogP contribution in [0.25, 0.3) is 0 Å². The molecule has 0 aromatic heterocycles. The summed E-state index contributed by atoms with van der Waals surface area (Å²) in [5, 5.41) is 6.50. The second-order valence-electron chi connectivity index (χ2n) is 6.39. The predicted octanol–water partition coefficient (Wildman–Crippen LogP) is 3.13. The standard InChI is InChI=1S/C21H27FN4OS/c1-23-21(24-12-13-28-15-18-6-4-5-7-19(18)22)25-14-16-8-10-17(11-9-16)20(27)26(2)3/h4-11H,12-15H2,1-3H3,(H2,23,24,25). The molecule has 0 spiro atoms. The molecule has 150 valence electrons. The third-order valence-electron chi connectivity index (χ3n) is 4.04. The van der Waals surface area contributed by atoms with E-state index >= 15 is 0 Å². The van der Waals surface area contributed by atoms with E-state index in [1.54, 1.807) is 43.9 Å². The normalized spacial score (nSPS) is 11.2. The fourth-order valence-corrected chi connectivity index (χ4v) is 3.31. The second kappa shape index (κ2) is 11.3. The molecule has 0 aliphatic heterocycles. The molecule has 2 aromatic carbocycles. The molecule has 1 amide bonds. The van der Waals surface area contributed by atoms with Crippen LogP contribution < -0.4 is 10.6 Å². The highest BCUT2D eigenvalue weighted by Gasteiger charge is 2.07. The number of carbonyl (C=O) groups excluding carboxylic acids is 1. The van der Waals surface area contributed by atoms with E-state index in [0.29, 0.717) is 23.8 Å². The summed E-state index contributed by atoms with van der Waals surface area (Å²) in [6.07, 6.45) is 0. The highest BCUT2D eigenvalue weighted by atomic mass is 32.2. The molecule has 2 aromatic rings. The van der Waals surface area contributed by atoms with Crippen molar-refractivity contribution < 1.29 is 9.18 Å². The molecule has 0 unspecified atom stereocenters. The van der Waals surface area contributed by atoms with E-state index in [9.17, 15) is 9.18 Å². The SMILES string of the molecule is CN=C(NCCSCc1ccccc1F)NCc1ccc(C(=O)N(C)C)cc1. The summed E-state index contributed by atoms with van der Waals surface area (Å²) in [6.45, 7) is 1.34. The number of aliphatic imine (C=N–C) groups is 1. The van der Waals surface area contributed by atoms with Crippen molar-refractivity contribution in [3.8, 4) is 0 Å². The summed E-state index contributed by atoms with van der Waals surface area (Å²) in [5.74, 6) is 2.04. The highest BCUT2D eigenvalue weighted by molar-refractivity contribution is 7.98. The molecule has 2 rings (SSSR count). The average molecular weight is 403 g/mol. The largest absolute Gasteiger partial charge is 0.356 e. The number of nitrogens with zero attached hydrogens (tertiary/aromatic N) is 2. The summed E-state index contributed by atoms with van der Waals surface area (Å²) in [7, 11) is 5.20. The first-order chi connectivity index (χ1) is 13.5. The minimum atomic E-state index is -0.154. The van der Waals surface area contributed by atoms with E-state index in [4.69, 9.17) is 0 Å². The monoisotopic (exact) mass is 402 g/mol. The lowest BCUT2D eigenvalue weighted by atomic mass is 10.1. The van der Waals surface area contributed by atoms with Crippen molar-refractivity contribution in [1.82, 2.24) is 15.5 Å². The van der Waals surface area contributed by atoms with Crippen LogP contribution in [0.4, 0.5) is 4.39 Å². The summed E-state index contributed by atoms with van der Waals surface area (Å²) in [5.41, 5.74) is 2.46. The third kappa shape index (κ3) is 6.88. The first-order valence-corrected chi connectivity index (χ1v) is 10.2. The molecule has 0 saturated heterocycles. The number of benzene rings is 2. The van der Waals surface area contributed by atoms with Crippen LogP contribution in [-0.4, -0.2) is 50.2 Å². The van der Waals surface area contributed by atoms with Crippen LogP contribution in [-0.2, 0) is 12.3 Å². The molecule has 0 aliphatic rings. The molecule has 0 atom stereocenters. The predicted molar refractivity (Wildman–Crippen MR) is 115 cm³/mol. The molecule has 0 heterocycles. The Hall–Kier alpha value is -2.54. The van der Waals surface area contributed by atoms with Gasteiger partial charge in [-0.25, -0.2) is 4.39 Å². The molecule has 7 heteroatoms. The Morgan fingerprint density at radius 2 is 1.82 bits per heavy atom. The van der Waals surface area contributed by atoms with Crippen molar-refractivity contribution in [3.05, 3.63) is 71.0 Å². The Labute approximate surface area is 170 Å². The first kappa shape index (κ1) is 21.8. The first-order valence-electron chi connectivity index (χ1n) is 9.07. The fraction of sp³-hybridized carbons (Fsp3) is 0.333. The van der Waals surface area contributed by atoms with Gasteiger partial charge in [-0.1, -0.05) is 30.3 Å². The summed E-state index contributed by atoms with van der Waals surface area (Å²) < 4.78 is 13.6. The molecule has 28 heavy (non-hydrogen) atoms. The van der Waals surface area contributed by atoms with Gasteiger partial charge in [-0.3, -0.25) is 9.79 Å². The van der Waals surface area contributed by atoms with Crippen LogP contribution in [0.2, 0.25) is 0 Å². The van der Waals surface area contributed by atoms with Gasteiger partial charge in [-0.05, 0) is 29.3 Å². The molecular formula is C21H27FN4OS. The van der Waals surface area contributed by atoms with Gasteiger partial charge in [-0.15, -0.1) is 0 Å². The van der Waals surface area contributed by atoms with Gasteiger partial charge in [-0.2, -0.15) is 11.8 Å². The van der Waals surface area contributed by atoms with Gasteiger partial charge in [0, 0.05) is 51.3 Å². The number of halogens is 1. The van der Waals surface area contributed by atoms with Gasteiger partial charge in [0.2, 0.25) is 0 Å². The van der Waals surface area contributed by atoms with Crippen LogP contribution in [0.5, 0.6) is 0 Å². The van der Waals surface area contributed by atoms with Gasteiger partial charge in [0.1, 0.15) is 5.82 Å². The zero-order valence-corrected chi connectivity index (χ0v) is 17.4. The van der Waals surface area contributed by atoms with Crippen molar-refractivity contribution in [2.75, 3.05) is 33.4 Å². The van der Waals surface area contributed by atoms with Gasteiger partial charge in [0.05, 0.1) is 0 Å². The Morgan fingerprint density at radius 3 is 2.46 bits per heavy atom. The quantitative estimate of drug-likeness (QED) is 0.405. The van der Waals surface area contributed by atoms with Gasteiger partial charge in [0.15, 0.2) is 5.96 Å². The number of hydrogen-bond donors (Lipinski definition) is 2. The minimum absolute atomic E-state index is 0.00938. The highest BCUT2D eigenvalue weighted by Crippen LogP contribution is 2.14. The molecule has 2 N–H and O–H groups in total. The maximum Gasteiger partial charge on any atom is 0.253 e. The number of amides is 1. The van der Waals surface area contributed by atoms with E-state index in [1.165, 1.54) is 6.07 Å². The summed E-state index contributed by atoms with van der Waals surface area (Å²) in [6, 6.07) is 14.4.